The van der Waals surface area contributed by atoms with Crippen molar-refractivity contribution in [1.29, 1.82) is 0 Å². The fraction of sp³-hybridized carbons (Fsp3) is 0.286. The summed E-state index contributed by atoms with van der Waals surface area (Å²) in [6.07, 6.45) is 3.46. The van der Waals surface area contributed by atoms with Crippen LogP contribution in [0.15, 0.2) is 67.1 Å². The summed E-state index contributed by atoms with van der Waals surface area (Å²) in [5.74, 6) is -0.829. The Morgan fingerprint density at radius 3 is 2.62 bits per heavy atom. The molecule has 2 amide bonds. The third-order valence-electron chi connectivity index (χ3n) is 6.91. The second kappa shape index (κ2) is 11.1. The normalized spacial score (nSPS) is 17.3. The van der Waals surface area contributed by atoms with Gasteiger partial charge in [0.25, 0.3) is 11.8 Å². The maximum absolute atomic E-state index is 13.7. The van der Waals surface area contributed by atoms with Gasteiger partial charge in [0.15, 0.2) is 11.4 Å². The Balaban J connectivity index is 1.40. The molecule has 9 nitrogen and oxygen atoms in total. The lowest BCUT2D eigenvalue weighted by molar-refractivity contribution is -0.0504. The summed E-state index contributed by atoms with van der Waals surface area (Å²) >= 11 is 0. The molecule has 5 rings (SSSR count). The van der Waals surface area contributed by atoms with Crippen LogP contribution < -0.4 is 14.8 Å². The fourth-order valence-corrected chi connectivity index (χ4v) is 5.00. The molecular weight excluding hydrogens is 508 g/mol. The van der Waals surface area contributed by atoms with Gasteiger partial charge >= 0.3 is 6.61 Å². The Hall–Kier alpha value is -4.54. The number of fused-ring (bicyclic) bond motifs is 1. The van der Waals surface area contributed by atoms with E-state index in [1.165, 1.54) is 25.4 Å². The van der Waals surface area contributed by atoms with Crippen LogP contribution in [0.3, 0.4) is 0 Å². The van der Waals surface area contributed by atoms with E-state index < -0.39 is 12.5 Å². The van der Waals surface area contributed by atoms with Gasteiger partial charge < -0.3 is 24.3 Å². The molecule has 202 valence electrons. The Bertz CT molecular complexity index is 1490. The SMILES string of the molecule is COc1cc(C(=O)N2CC[C@@H](NC(=O)c3ncccc3OC(F)F)[C@@H](c3ccccc3)C2)cc2c1ncn2C. The van der Waals surface area contributed by atoms with Crippen LogP contribution in [-0.4, -0.2) is 64.1 Å². The lowest BCUT2D eigenvalue weighted by atomic mass is 9.85. The third kappa shape index (κ3) is 5.38. The summed E-state index contributed by atoms with van der Waals surface area (Å²) < 4.78 is 37.5. The van der Waals surface area contributed by atoms with Crippen LogP contribution in [-0.2, 0) is 7.05 Å². The van der Waals surface area contributed by atoms with Crippen molar-refractivity contribution in [1.82, 2.24) is 24.8 Å². The monoisotopic (exact) mass is 535 g/mol. The predicted octanol–water partition coefficient (Wildman–Crippen LogP) is 4.01. The molecule has 1 fully saturated rings. The highest BCUT2D eigenvalue weighted by Gasteiger charge is 2.35. The fourth-order valence-electron chi connectivity index (χ4n) is 5.00. The number of carbonyl (C=O) groups is 2. The first-order valence-electron chi connectivity index (χ1n) is 12.4. The molecule has 0 bridgehead atoms. The number of nitrogens with zero attached hydrogens (tertiary/aromatic N) is 4. The van der Waals surface area contributed by atoms with Crippen molar-refractivity contribution in [2.24, 2.45) is 7.05 Å². The van der Waals surface area contributed by atoms with E-state index in [2.05, 4.69) is 20.0 Å². The summed E-state index contributed by atoms with van der Waals surface area (Å²) in [6, 6.07) is 15.4. The molecule has 11 heteroatoms. The van der Waals surface area contributed by atoms with Gasteiger partial charge in [-0.2, -0.15) is 8.78 Å². The van der Waals surface area contributed by atoms with E-state index in [1.807, 2.05) is 41.9 Å². The molecule has 2 atom stereocenters. The number of pyridine rings is 1. The number of alkyl halides is 2. The molecule has 0 saturated carbocycles. The Morgan fingerprint density at radius 1 is 1.08 bits per heavy atom. The average molecular weight is 536 g/mol. The lowest BCUT2D eigenvalue weighted by Crippen LogP contribution is -2.51. The maximum atomic E-state index is 13.7. The number of aromatic nitrogens is 3. The highest BCUT2D eigenvalue weighted by molar-refractivity contribution is 5.99. The number of carbonyl (C=O) groups excluding carboxylic acids is 2. The van der Waals surface area contributed by atoms with Crippen LogP contribution in [0.2, 0.25) is 0 Å². The zero-order valence-corrected chi connectivity index (χ0v) is 21.4. The zero-order chi connectivity index (χ0) is 27.5. The third-order valence-corrected chi connectivity index (χ3v) is 6.91. The number of hydrogen-bond donors (Lipinski definition) is 1. The van der Waals surface area contributed by atoms with Crippen LogP contribution in [0.25, 0.3) is 11.0 Å². The van der Waals surface area contributed by atoms with E-state index in [-0.39, 0.29) is 29.3 Å². The molecule has 0 spiro atoms. The molecular formula is C28H27F2N5O4. The highest BCUT2D eigenvalue weighted by atomic mass is 19.3. The molecule has 0 unspecified atom stereocenters. The largest absolute Gasteiger partial charge is 0.494 e. The molecule has 2 aromatic carbocycles. The van der Waals surface area contributed by atoms with Gasteiger partial charge in [-0.25, -0.2) is 9.97 Å². The van der Waals surface area contributed by atoms with Gasteiger partial charge in [0.1, 0.15) is 11.3 Å². The van der Waals surface area contributed by atoms with E-state index in [4.69, 9.17) is 4.74 Å². The van der Waals surface area contributed by atoms with Gasteiger partial charge in [0.2, 0.25) is 0 Å². The number of likely N-dealkylation sites (tertiary alicyclic amines) is 1. The Kier molecular flexibility index (Phi) is 7.40. The number of amides is 2. The first-order valence-corrected chi connectivity index (χ1v) is 12.4. The number of hydrogen-bond acceptors (Lipinski definition) is 6. The minimum Gasteiger partial charge on any atom is -0.494 e. The zero-order valence-electron chi connectivity index (χ0n) is 21.4. The quantitative estimate of drug-likeness (QED) is 0.384. The van der Waals surface area contributed by atoms with Crippen molar-refractivity contribution in [3.8, 4) is 11.5 Å². The number of methoxy groups -OCH3 is 1. The van der Waals surface area contributed by atoms with Crippen molar-refractivity contribution in [2.75, 3.05) is 20.2 Å². The second-order valence-corrected chi connectivity index (χ2v) is 9.27. The Morgan fingerprint density at radius 2 is 1.87 bits per heavy atom. The molecule has 4 aromatic rings. The molecule has 0 aliphatic carbocycles. The van der Waals surface area contributed by atoms with Crippen LogP contribution >= 0.6 is 0 Å². The van der Waals surface area contributed by atoms with E-state index in [1.54, 1.807) is 23.4 Å². The van der Waals surface area contributed by atoms with Gasteiger partial charge in [-0.15, -0.1) is 0 Å². The first-order chi connectivity index (χ1) is 18.9. The van der Waals surface area contributed by atoms with E-state index in [0.29, 0.717) is 36.3 Å². The highest BCUT2D eigenvalue weighted by Crippen LogP contribution is 2.31. The molecule has 2 aromatic heterocycles. The summed E-state index contributed by atoms with van der Waals surface area (Å²) in [5.41, 5.74) is 2.63. The van der Waals surface area contributed by atoms with Gasteiger partial charge in [0, 0.05) is 43.9 Å². The van der Waals surface area contributed by atoms with Crippen LogP contribution in [0.1, 0.15) is 38.7 Å². The van der Waals surface area contributed by atoms with Crippen LogP contribution in [0, 0.1) is 0 Å². The van der Waals surface area contributed by atoms with Crippen LogP contribution in [0.4, 0.5) is 8.78 Å². The van der Waals surface area contributed by atoms with E-state index in [0.717, 1.165) is 11.1 Å². The number of halogens is 2. The predicted molar refractivity (Wildman–Crippen MR) is 139 cm³/mol. The standard InChI is InChI=1S/C28H27F2N5O4/c1-34-16-32-24-21(34)13-18(14-23(24)38-2)27(37)35-12-10-20(19(15-35)17-7-4-3-5-8-17)33-26(36)25-22(39-28(29)30)9-6-11-31-25/h3-9,11,13-14,16,19-20,28H,10,12,15H2,1-2H3,(H,33,36)/t19-,20-/m1/s1. The number of rotatable bonds is 7. The smallest absolute Gasteiger partial charge is 0.387 e. The van der Waals surface area contributed by atoms with Crippen molar-refractivity contribution in [2.45, 2.75) is 25.0 Å². The number of imidazole rings is 1. The number of aryl methyl sites for hydroxylation is 1. The molecule has 1 aliphatic heterocycles. The topological polar surface area (TPSA) is 98.6 Å². The molecule has 3 heterocycles. The van der Waals surface area contributed by atoms with Gasteiger partial charge in [-0.05, 0) is 36.2 Å². The van der Waals surface area contributed by atoms with Crippen molar-refractivity contribution in [3.63, 3.8) is 0 Å². The van der Waals surface area contributed by atoms with E-state index in [9.17, 15) is 18.4 Å². The molecule has 0 radical (unpaired) electrons. The van der Waals surface area contributed by atoms with Crippen LogP contribution in [0.5, 0.6) is 11.5 Å². The van der Waals surface area contributed by atoms with Crippen molar-refractivity contribution >= 4 is 22.8 Å². The Labute approximate surface area is 223 Å². The van der Waals surface area contributed by atoms with E-state index >= 15 is 0 Å². The average Bonchev–Trinajstić information content (AvgIpc) is 3.33. The molecule has 39 heavy (non-hydrogen) atoms. The second-order valence-electron chi connectivity index (χ2n) is 9.27. The number of ether oxygens (including phenoxy) is 2. The molecule has 1 saturated heterocycles. The van der Waals surface area contributed by atoms with Gasteiger partial charge in [0.05, 0.1) is 19.0 Å². The first kappa shape index (κ1) is 26.1. The lowest BCUT2D eigenvalue weighted by Gasteiger charge is -2.39. The number of benzene rings is 2. The van der Waals surface area contributed by atoms with Crippen molar-refractivity contribution < 1.29 is 27.8 Å². The minimum atomic E-state index is -3.09. The molecule has 1 aliphatic rings. The summed E-state index contributed by atoms with van der Waals surface area (Å²) in [6.45, 7) is -2.37. The molecule has 1 N–H and O–H groups in total. The van der Waals surface area contributed by atoms with Crippen molar-refractivity contribution in [3.05, 3.63) is 83.9 Å². The minimum absolute atomic E-state index is 0.167. The number of piperidine rings is 1. The van der Waals surface area contributed by atoms with Gasteiger partial charge in [-0.1, -0.05) is 30.3 Å². The number of nitrogens with one attached hydrogen (secondary N) is 1. The summed E-state index contributed by atoms with van der Waals surface area (Å²) in [4.78, 5) is 36.9. The summed E-state index contributed by atoms with van der Waals surface area (Å²) in [5, 5.41) is 2.95. The van der Waals surface area contributed by atoms with Gasteiger partial charge in [-0.3, -0.25) is 9.59 Å². The summed E-state index contributed by atoms with van der Waals surface area (Å²) in [7, 11) is 3.39. The maximum Gasteiger partial charge on any atom is 0.387 e.